The molecule has 0 saturated carbocycles. The monoisotopic (exact) mass is 1630 g/mol. The highest BCUT2D eigenvalue weighted by Crippen LogP contribution is 2.26. The average molecular weight is 1630 g/mol. The van der Waals surface area contributed by atoms with E-state index in [4.69, 9.17) is 120 Å². The van der Waals surface area contributed by atoms with Crippen LogP contribution in [0.2, 0.25) is 0 Å². The Hall–Kier alpha value is -4.08. The number of carboxylic acids is 1. The molecule has 0 aliphatic carbocycles. The number of carbonyl (C=O) groups is 4. The van der Waals surface area contributed by atoms with Crippen molar-refractivity contribution in [3.63, 3.8) is 0 Å². The number of halogens is 1. The Labute approximate surface area is 647 Å². The summed E-state index contributed by atoms with van der Waals surface area (Å²) in [7, 11) is 0. The van der Waals surface area contributed by atoms with Crippen molar-refractivity contribution >= 4 is 45.3 Å². The third-order valence-corrected chi connectivity index (χ3v) is 14.7. The summed E-state index contributed by atoms with van der Waals surface area (Å²) in [6.45, 7) is 24.6. The van der Waals surface area contributed by atoms with E-state index in [1.54, 1.807) is 19.1 Å². The molecule has 1 aromatic carbocycles. The van der Waals surface area contributed by atoms with Gasteiger partial charge < -0.3 is 151 Å². The van der Waals surface area contributed by atoms with Crippen LogP contribution in [0.4, 0.5) is 5.69 Å². The van der Waals surface area contributed by atoms with Gasteiger partial charge in [0.05, 0.1) is 320 Å². The first-order valence-electron chi connectivity index (χ1n) is 37.7. The van der Waals surface area contributed by atoms with Gasteiger partial charge >= 0.3 is 5.97 Å². The van der Waals surface area contributed by atoms with Gasteiger partial charge in [0.15, 0.2) is 0 Å². The topological polar surface area (TPSA) is 415 Å². The minimum Gasteiger partial charge on any atom is -0.506 e. The first-order valence-corrected chi connectivity index (χ1v) is 38.4. The molecule has 0 fully saturated rings. The number of aliphatic carboxylic acids is 1. The third kappa shape index (κ3) is 73.4. The molecule has 1 rings (SSSR count). The zero-order valence-electron chi connectivity index (χ0n) is 64.3. The second-order valence-electron chi connectivity index (χ2n) is 23.3. The Bertz CT molecular complexity index is 2220. The largest absolute Gasteiger partial charge is 0.506 e. The van der Waals surface area contributed by atoms with Crippen molar-refractivity contribution in [2.24, 2.45) is 11.7 Å². The fourth-order valence-electron chi connectivity index (χ4n) is 8.53. The smallest absolute Gasteiger partial charge is 0.306 e. The molecule has 0 bridgehead atoms. The predicted molar refractivity (Wildman–Crippen MR) is 400 cm³/mol. The number of rotatable bonds is 87. The van der Waals surface area contributed by atoms with Crippen molar-refractivity contribution in [3.8, 4) is 5.75 Å². The van der Waals surface area contributed by atoms with Gasteiger partial charge in [0.1, 0.15) is 12.0 Å². The van der Waals surface area contributed by atoms with Crippen molar-refractivity contribution in [2.45, 2.75) is 64.6 Å². The Morgan fingerprint density at radius 3 is 1.03 bits per heavy atom. The van der Waals surface area contributed by atoms with Crippen LogP contribution in [-0.4, -0.2) is 375 Å². The van der Waals surface area contributed by atoms with Crippen LogP contribution in [0.25, 0.3) is 0 Å². The molecule has 2 unspecified atom stereocenters. The van der Waals surface area contributed by atoms with Gasteiger partial charge in [-0.2, -0.15) is 0 Å². The number of nitrogens with one attached hydrogen (secondary N) is 4. The number of aliphatic hydroxyl groups is 1. The molecule has 3 amide bonds. The first kappa shape index (κ1) is 102. The number of phenols is 1. The number of carboxylic acid groups (broad SMARTS) is 1. The summed E-state index contributed by atoms with van der Waals surface area (Å²) in [5.74, 6) is -2.40. The number of hydrogen-bond donors (Lipinski definition) is 8. The number of carbonyl (C=O) groups excluding carboxylic acids is 3. The van der Waals surface area contributed by atoms with Crippen LogP contribution in [0, 0.1) is 5.92 Å². The second kappa shape index (κ2) is 81.0. The van der Waals surface area contributed by atoms with Crippen LogP contribution < -0.4 is 27.0 Å². The molecule has 0 aromatic heterocycles. The lowest BCUT2D eigenvalue weighted by Gasteiger charge is -2.18. The van der Waals surface area contributed by atoms with E-state index in [1.807, 2.05) is 6.92 Å². The molecular weight excluding hydrogens is 1490 g/mol. The molecule has 0 aliphatic heterocycles. The van der Waals surface area contributed by atoms with E-state index in [0.29, 0.717) is 335 Å². The maximum absolute atomic E-state index is 12.1. The van der Waals surface area contributed by atoms with Crippen LogP contribution in [0.15, 0.2) is 28.8 Å². The average Bonchev–Trinajstić information content (AvgIpc) is 0.861. The highest BCUT2D eigenvalue weighted by Gasteiger charge is 2.18. The number of anilines is 1. The molecule has 36 heteroatoms. The van der Waals surface area contributed by atoms with Crippen molar-refractivity contribution in [1.29, 1.82) is 0 Å². The van der Waals surface area contributed by atoms with Gasteiger partial charge in [0.2, 0.25) is 11.8 Å². The molecule has 1 aromatic rings. The highest BCUT2D eigenvalue weighted by molar-refractivity contribution is 9.12. The molecular formula is C72H132BrN5O30. The lowest BCUT2D eigenvalue weighted by molar-refractivity contribution is -0.141. The molecule has 3 atom stereocenters. The van der Waals surface area contributed by atoms with Gasteiger partial charge in [-0.05, 0) is 59.3 Å². The lowest BCUT2D eigenvalue weighted by atomic mass is 9.96. The van der Waals surface area contributed by atoms with E-state index in [0.717, 1.165) is 18.4 Å². The number of aliphatic hydroxyl groups excluding tert-OH is 1. The lowest BCUT2D eigenvalue weighted by Crippen LogP contribution is -2.30. The summed E-state index contributed by atoms with van der Waals surface area (Å²) >= 11 is 3.11. The zero-order valence-corrected chi connectivity index (χ0v) is 65.8. The van der Waals surface area contributed by atoms with Crippen molar-refractivity contribution in [2.75, 3.05) is 329 Å². The summed E-state index contributed by atoms with van der Waals surface area (Å²) in [5, 5.41) is 40.6. The van der Waals surface area contributed by atoms with Crippen LogP contribution >= 0.6 is 15.9 Å². The number of benzene rings is 1. The Balaban J connectivity index is 1.66. The fourth-order valence-corrected chi connectivity index (χ4v) is 8.88. The minimum absolute atomic E-state index is 0.0368. The highest BCUT2D eigenvalue weighted by atomic mass is 79.9. The van der Waals surface area contributed by atoms with Crippen molar-refractivity contribution in [1.82, 2.24) is 16.0 Å². The molecule has 0 radical (unpaired) electrons. The van der Waals surface area contributed by atoms with Gasteiger partial charge in [-0.25, -0.2) is 0 Å². The number of phenolic OH excluding ortho intramolecular Hbond substituents is 1. The summed E-state index contributed by atoms with van der Waals surface area (Å²) in [6, 6.07) is 4.50. The minimum atomic E-state index is -1.08. The molecule has 0 saturated heterocycles. The normalized spacial score (nSPS) is 12.6. The molecule has 0 heterocycles. The van der Waals surface area contributed by atoms with Crippen LogP contribution in [0.1, 0.15) is 51.5 Å². The second-order valence-corrected chi connectivity index (χ2v) is 24.2. The number of ether oxygens (including phenoxy) is 23. The standard InChI is InChI=1S/C72H132BrN5O30/c1-3-4-9-75-69(81)60-65(73)71(83)77-10-5-6-68(80)76-11-12-86-13-14-87-15-16-88-17-18-89-19-20-90-21-22-91-23-24-92-25-26-93-27-28-94-29-30-95-31-32-96-33-34-97-35-36-98-37-38-99-39-40-100-41-42-101-43-44-102-45-46-103-47-48-104-49-50-105-51-52-106-53-54-107-55-56-108-61-70(82)78-66-59-63(7-8-67(66)79)58-64(74)57-62(2)72(84)85/h7-8,59-60,62,64,70,78-79,82H,3-6,9-58,61,74H2,1-2H3,(H,75,81)(H,76,80)(H,77,83)(H,84,85)/b65-60-/t62?,64-,70?/m1/s1. The van der Waals surface area contributed by atoms with Crippen LogP contribution in [0.3, 0.4) is 0 Å². The maximum Gasteiger partial charge on any atom is 0.306 e. The number of aromatic hydroxyl groups is 1. The molecule has 0 aliphatic rings. The Morgan fingerprint density at radius 2 is 0.722 bits per heavy atom. The summed E-state index contributed by atoms with van der Waals surface area (Å²) in [5.41, 5.74) is 7.22. The number of nitrogens with two attached hydrogens (primary N) is 1. The zero-order chi connectivity index (χ0) is 78.2. The molecule has 9 N–H and O–H groups in total. The van der Waals surface area contributed by atoms with E-state index in [1.165, 1.54) is 12.1 Å². The number of amides is 3. The van der Waals surface area contributed by atoms with E-state index in [2.05, 4.69) is 37.2 Å². The van der Waals surface area contributed by atoms with Crippen molar-refractivity contribution < 1.29 is 143 Å². The third-order valence-electron chi connectivity index (χ3n) is 14.2. The van der Waals surface area contributed by atoms with E-state index in [9.17, 15) is 29.4 Å². The summed E-state index contributed by atoms with van der Waals surface area (Å²) in [4.78, 5) is 47.0. The van der Waals surface area contributed by atoms with Gasteiger partial charge in [-0.1, -0.05) is 26.3 Å². The predicted octanol–water partition coefficient (Wildman–Crippen LogP) is 1.69. The summed E-state index contributed by atoms with van der Waals surface area (Å²) in [6.07, 6.45) is 3.40. The Kier molecular flexibility index (Phi) is 76.4. The number of unbranched alkanes of at least 4 members (excludes halogenated alkanes) is 1. The van der Waals surface area contributed by atoms with Crippen LogP contribution in [0.5, 0.6) is 5.75 Å². The van der Waals surface area contributed by atoms with E-state index >= 15 is 0 Å². The quantitative estimate of drug-likeness (QED) is 0.0199. The number of hydrogen-bond acceptors (Lipinski definition) is 31. The van der Waals surface area contributed by atoms with Crippen LogP contribution in [-0.2, 0) is 135 Å². The van der Waals surface area contributed by atoms with Gasteiger partial charge in [-0.15, -0.1) is 0 Å². The van der Waals surface area contributed by atoms with Gasteiger partial charge in [-0.3, -0.25) is 19.2 Å². The fraction of sp³-hybridized carbons (Fsp3) is 0.833. The Morgan fingerprint density at radius 1 is 0.426 bits per heavy atom. The molecule has 0 spiro atoms. The van der Waals surface area contributed by atoms with Gasteiger partial charge in [0, 0.05) is 38.2 Å². The van der Waals surface area contributed by atoms with Gasteiger partial charge in [0.25, 0.3) is 5.91 Å². The van der Waals surface area contributed by atoms with Crippen molar-refractivity contribution in [3.05, 3.63) is 34.3 Å². The van der Waals surface area contributed by atoms with E-state index < -0.39 is 24.0 Å². The van der Waals surface area contributed by atoms with E-state index in [-0.39, 0.29) is 47.7 Å². The first-order chi connectivity index (χ1) is 52.9. The molecule has 108 heavy (non-hydrogen) atoms. The maximum atomic E-state index is 12.1. The summed E-state index contributed by atoms with van der Waals surface area (Å²) < 4.78 is 127. The SMILES string of the molecule is CCCCNC(=O)/C=C(\Br)C(=O)NCCCC(=O)NCCOCCOCCOCCOCCOCCOCCOCCOCCOCCOCCOCCOCCOCCOCCOCCOCCOCCOCCOCCOCCOCCOCCOCC(O)Nc1cc(C[C@H](N)CC(C)C(=O)O)ccc1O. The molecule has 35 nitrogen and oxygen atoms in total. The molecule has 632 valence electrons.